The maximum absolute atomic E-state index is 11.6. The molecule has 104 valence electrons. The van der Waals surface area contributed by atoms with Crippen LogP contribution in [-0.4, -0.2) is 53.0 Å². The van der Waals surface area contributed by atoms with Crippen molar-refractivity contribution in [3.8, 4) is 0 Å². The van der Waals surface area contributed by atoms with E-state index in [1.54, 1.807) is 20.8 Å². The van der Waals surface area contributed by atoms with Gasteiger partial charge in [-0.1, -0.05) is 0 Å². The summed E-state index contributed by atoms with van der Waals surface area (Å²) in [7, 11) is 0. The highest BCUT2D eigenvalue weighted by Gasteiger charge is 2.31. The van der Waals surface area contributed by atoms with E-state index in [0.29, 0.717) is 13.0 Å². The van der Waals surface area contributed by atoms with Crippen molar-refractivity contribution in [3.63, 3.8) is 0 Å². The zero-order valence-electron chi connectivity index (χ0n) is 11.0. The molecule has 1 heterocycles. The predicted molar refractivity (Wildman–Crippen MR) is 65.3 cm³/mol. The Hall–Kier alpha value is -1.50. The van der Waals surface area contributed by atoms with Crippen LogP contribution in [0.1, 0.15) is 27.2 Å². The van der Waals surface area contributed by atoms with Crippen molar-refractivity contribution >= 4 is 12.2 Å². The number of ether oxygens (including phenoxy) is 1. The Bertz CT molecular complexity index is 327. The molecule has 0 aromatic rings. The van der Waals surface area contributed by atoms with Crippen LogP contribution in [0, 0.1) is 0 Å². The fourth-order valence-electron chi connectivity index (χ4n) is 1.76. The van der Waals surface area contributed by atoms with E-state index in [-0.39, 0.29) is 12.6 Å². The van der Waals surface area contributed by atoms with E-state index in [1.807, 2.05) is 0 Å². The highest BCUT2D eigenvalue weighted by Crippen LogP contribution is 2.11. The molecule has 0 saturated carbocycles. The van der Waals surface area contributed by atoms with Gasteiger partial charge in [-0.2, -0.15) is 0 Å². The highest BCUT2D eigenvalue weighted by atomic mass is 16.6. The molecule has 1 aliphatic heterocycles. The number of hydrogen-bond donors (Lipinski definition) is 3. The number of carbonyl (C=O) groups excluding carboxylic acids is 1. The fourth-order valence-corrected chi connectivity index (χ4v) is 1.76. The van der Waals surface area contributed by atoms with Crippen LogP contribution in [0.5, 0.6) is 0 Å². The van der Waals surface area contributed by atoms with Crippen LogP contribution < -0.4 is 11.1 Å². The van der Waals surface area contributed by atoms with Crippen LogP contribution in [0.25, 0.3) is 0 Å². The van der Waals surface area contributed by atoms with Crippen molar-refractivity contribution < 1.29 is 19.4 Å². The number of alkyl carbamates (subject to hydrolysis) is 1. The maximum atomic E-state index is 11.6. The lowest BCUT2D eigenvalue weighted by atomic mass is 10.0. The van der Waals surface area contributed by atoms with Crippen molar-refractivity contribution in [2.45, 2.75) is 44.9 Å². The molecular weight excluding hydrogens is 238 g/mol. The Labute approximate surface area is 106 Å². The zero-order valence-corrected chi connectivity index (χ0v) is 11.0. The summed E-state index contributed by atoms with van der Waals surface area (Å²) < 4.78 is 5.11. The average molecular weight is 259 g/mol. The Kier molecular flexibility index (Phi) is 4.39. The number of hydrogen-bond acceptors (Lipinski definition) is 4. The van der Waals surface area contributed by atoms with E-state index >= 15 is 0 Å². The molecule has 0 aromatic heterocycles. The number of nitrogens with zero attached hydrogens (tertiary/aromatic N) is 1. The number of nitrogens with two attached hydrogens (primary N) is 1. The first-order valence-corrected chi connectivity index (χ1v) is 5.92. The number of nitrogens with one attached hydrogen (secondary N) is 1. The SMILES string of the molecule is CC(C)(C)OC(=O)N[C@@H]1CN(C(=O)O)CC[C@@H]1N. The molecule has 2 atom stereocenters. The number of amides is 2. The van der Waals surface area contributed by atoms with Gasteiger partial charge in [-0.3, -0.25) is 0 Å². The number of rotatable bonds is 1. The van der Waals surface area contributed by atoms with Crippen molar-refractivity contribution in [1.29, 1.82) is 0 Å². The van der Waals surface area contributed by atoms with E-state index in [9.17, 15) is 9.59 Å². The molecule has 1 aliphatic rings. The average Bonchev–Trinajstić information content (AvgIpc) is 2.18. The van der Waals surface area contributed by atoms with Gasteiger partial charge in [0.1, 0.15) is 5.60 Å². The summed E-state index contributed by atoms with van der Waals surface area (Å²) in [4.78, 5) is 23.7. The van der Waals surface area contributed by atoms with Crippen molar-refractivity contribution in [2.75, 3.05) is 13.1 Å². The molecule has 7 nitrogen and oxygen atoms in total. The Morgan fingerprint density at radius 2 is 2.06 bits per heavy atom. The fraction of sp³-hybridized carbons (Fsp3) is 0.818. The van der Waals surface area contributed by atoms with Crippen LogP contribution in [0.15, 0.2) is 0 Å². The van der Waals surface area contributed by atoms with Crippen LogP contribution in [-0.2, 0) is 4.74 Å². The third-order valence-electron chi connectivity index (χ3n) is 2.64. The predicted octanol–water partition coefficient (Wildman–Crippen LogP) is 0.591. The monoisotopic (exact) mass is 259 g/mol. The largest absolute Gasteiger partial charge is 0.465 e. The van der Waals surface area contributed by atoms with E-state index in [4.69, 9.17) is 15.6 Å². The molecular formula is C11H21N3O4. The van der Waals surface area contributed by atoms with Crippen LogP contribution >= 0.6 is 0 Å². The highest BCUT2D eigenvalue weighted by molar-refractivity contribution is 5.69. The Morgan fingerprint density at radius 3 is 2.56 bits per heavy atom. The minimum atomic E-state index is -1.00. The van der Waals surface area contributed by atoms with E-state index in [0.717, 1.165) is 0 Å². The molecule has 0 aliphatic carbocycles. The molecule has 7 heteroatoms. The molecule has 0 spiro atoms. The molecule has 0 radical (unpaired) electrons. The molecule has 0 aromatic carbocycles. The van der Waals surface area contributed by atoms with Crippen molar-refractivity contribution in [3.05, 3.63) is 0 Å². The maximum Gasteiger partial charge on any atom is 0.407 e. The first-order valence-electron chi connectivity index (χ1n) is 5.92. The molecule has 2 amide bonds. The second kappa shape index (κ2) is 5.43. The molecule has 1 rings (SSSR count). The standard InChI is InChI=1S/C11H21N3O4/c1-11(2,3)18-9(15)13-8-6-14(10(16)17)5-4-7(8)12/h7-8H,4-6,12H2,1-3H3,(H,13,15)(H,16,17)/t7-,8+/m0/s1. The van der Waals surface area contributed by atoms with Crippen molar-refractivity contribution in [1.82, 2.24) is 10.2 Å². The van der Waals surface area contributed by atoms with Gasteiger partial charge in [0.25, 0.3) is 0 Å². The quantitative estimate of drug-likeness (QED) is 0.639. The van der Waals surface area contributed by atoms with E-state index in [1.165, 1.54) is 4.90 Å². The topological polar surface area (TPSA) is 105 Å². The van der Waals surface area contributed by atoms with Crippen LogP contribution in [0.2, 0.25) is 0 Å². The summed E-state index contributed by atoms with van der Waals surface area (Å²) in [5, 5.41) is 11.5. The van der Waals surface area contributed by atoms with Crippen LogP contribution in [0.4, 0.5) is 9.59 Å². The second-order valence-electron chi connectivity index (χ2n) is 5.43. The summed E-state index contributed by atoms with van der Waals surface area (Å²) in [5.41, 5.74) is 5.28. The minimum absolute atomic E-state index is 0.190. The molecule has 0 bridgehead atoms. The first-order chi connectivity index (χ1) is 8.19. The number of carboxylic acid groups (broad SMARTS) is 1. The normalized spacial score (nSPS) is 24.6. The summed E-state index contributed by atoms with van der Waals surface area (Å²) >= 11 is 0. The number of likely N-dealkylation sites (tertiary alicyclic amines) is 1. The second-order valence-corrected chi connectivity index (χ2v) is 5.43. The number of piperidine rings is 1. The Morgan fingerprint density at radius 1 is 1.44 bits per heavy atom. The van der Waals surface area contributed by atoms with Gasteiger partial charge in [0, 0.05) is 19.1 Å². The third kappa shape index (κ3) is 4.40. The van der Waals surface area contributed by atoms with Crippen LogP contribution in [0.3, 0.4) is 0 Å². The third-order valence-corrected chi connectivity index (χ3v) is 2.64. The van der Waals surface area contributed by atoms with Gasteiger partial charge < -0.3 is 25.8 Å². The van der Waals surface area contributed by atoms with Gasteiger partial charge in [0.05, 0.1) is 6.04 Å². The molecule has 4 N–H and O–H groups in total. The number of carbonyl (C=O) groups is 2. The van der Waals surface area contributed by atoms with E-state index < -0.39 is 23.8 Å². The molecule has 0 unspecified atom stereocenters. The van der Waals surface area contributed by atoms with Gasteiger partial charge in [0.15, 0.2) is 0 Å². The van der Waals surface area contributed by atoms with Gasteiger partial charge in [-0.15, -0.1) is 0 Å². The van der Waals surface area contributed by atoms with Gasteiger partial charge >= 0.3 is 12.2 Å². The summed E-state index contributed by atoms with van der Waals surface area (Å²) in [5.74, 6) is 0. The zero-order chi connectivity index (χ0) is 13.9. The summed E-state index contributed by atoms with van der Waals surface area (Å²) in [6, 6.07) is -0.669. The van der Waals surface area contributed by atoms with Gasteiger partial charge in [-0.05, 0) is 27.2 Å². The lowest BCUT2D eigenvalue weighted by Gasteiger charge is -2.35. The van der Waals surface area contributed by atoms with Crippen molar-refractivity contribution in [2.24, 2.45) is 5.73 Å². The summed E-state index contributed by atoms with van der Waals surface area (Å²) in [6.07, 6.45) is -1.06. The van der Waals surface area contributed by atoms with E-state index in [2.05, 4.69) is 5.32 Å². The first kappa shape index (κ1) is 14.6. The molecule has 1 saturated heterocycles. The summed E-state index contributed by atoms with van der Waals surface area (Å²) in [6.45, 7) is 5.86. The molecule has 1 fully saturated rings. The lowest BCUT2D eigenvalue weighted by molar-refractivity contribution is 0.0457. The minimum Gasteiger partial charge on any atom is -0.465 e. The Balaban J connectivity index is 2.53. The molecule has 18 heavy (non-hydrogen) atoms. The smallest absolute Gasteiger partial charge is 0.407 e. The van der Waals surface area contributed by atoms with Gasteiger partial charge in [0.2, 0.25) is 0 Å². The van der Waals surface area contributed by atoms with Gasteiger partial charge in [-0.25, -0.2) is 9.59 Å². The lowest BCUT2D eigenvalue weighted by Crippen LogP contribution is -2.59.